The molecule has 0 aliphatic carbocycles. The Bertz CT molecular complexity index is 858. The summed E-state index contributed by atoms with van der Waals surface area (Å²) in [5, 5.41) is 9.61. The van der Waals surface area contributed by atoms with Gasteiger partial charge in [-0.3, -0.25) is 9.59 Å². The Labute approximate surface area is 334 Å². The molecular formula is C46H90NO7+. The van der Waals surface area contributed by atoms with Gasteiger partial charge in [0.1, 0.15) is 6.61 Å². The quantitative estimate of drug-likeness (QED) is 0.0375. The molecular weight excluding hydrogens is 679 g/mol. The number of ether oxygens (including phenoxy) is 3. The van der Waals surface area contributed by atoms with E-state index in [1.165, 1.54) is 154 Å². The molecule has 0 spiro atoms. The van der Waals surface area contributed by atoms with Crippen LogP contribution < -0.4 is 0 Å². The SMILES string of the molecule is CCCCCCCCCCCCCCCCCCCCCC(=O)OCC(COCCC(C(=O)O)[N+](C)(C)C)OC(=O)CCCCCCCCCCCCC. The number of unbranched alkanes of at least 4 members (excludes halogenated alkanes) is 28. The van der Waals surface area contributed by atoms with Gasteiger partial charge in [-0.25, -0.2) is 4.79 Å². The second-order valence-electron chi connectivity index (χ2n) is 17.0. The van der Waals surface area contributed by atoms with Crippen molar-refractivity contribution in [1.29, 1.82) is 0 Å². The highest BCUT2D eigenvalue weighted by molar-refractivity contribution is 5.72. The van der Waals surface area contributed by atoms with Gasteiger partial charge in [0, 0.05) is 19.3 Å². The van der Waals surface area contributed by atoms with Crippen molar-refractivity contribution in [3.8, 4) is 0 Å². The van der Waals surface area contributed by atoms with Crippen LogP contribution in [0.1, 0.15) is 226 Å². The zero-order valence-electron chi connectivity index (χ0n) is 36.5. The predicted octanol–water partition coefficient (Wildman–Crippen LogP) is 12.5. The number of hydrogen-bond donors (Lipinski definition) is 1. The third-order valence-corrected chi connectivity index (χ3v) is 10.8. The number of nitrogens with zero attached hydrogens (tertiary/aromatic N) is 1. The third kappa shape index (κ3) is 36.0. The van der Waals surface area contributed by atoms with E-state index in [-0.39, 0.29) is 36.2 Å². The average molecular weight is 769 g/mol. The first-order chi connectivity index (χ1) is 26.1. The van der Waals surface area contributed by atoms with Crippen molar-refractivity contribution >= 4 is 17.9 Å². The van der Waals surface area contributed by atoms with Crippen molar-refractivity contribution in [2.24, 2.45) is 0 Å². The van der Waals surface area contributed by atoms with Crippen molar-refractivity contribution in [3.05, 3.63) is 0 Å². The van der Waals surface area contributed by atoms with Gasteiger partial charge in [0.15, 0.2) is 12.1 Å². The molecule has 0 rings (SSSR count). The fraction of sp³-hybridized carbons (Fsp3) is 0.935. The van der Waals surface area contributed by atoms with E-state index in [4.69, 9.17) is 14.2 Å². The molecule has 0 aromatic heterocycles. The maximum absolute atomic E-state index is 12.7. The lowest BCUT2D eigenvalue weighted by Gasteiger charge is -2.31. The molecule has 0 amide bonds. The minimum atomic E-state index is -0.871. The lowest BCUT2D eigenvalue weighted by atomic mass is 10.0. The molecule has 2 atom stereocenters. The second kappa shape index (κ2) is 38.2. The van der Waals surface area contributed by atoms with Crippen LogP contribution in [0.4, 0.5) is 0 Å². The Balaban J connectivity index is 4.20. The molecule has 0 saturated heterocycles. The van der Waals surface area contributed by atoms with Crippen molar-refractivity contribution in [2.75, 3.05) is 41.0 Å². The Kier molecular flexibility index (Phi) is 37.0. The zero-order chi connectivity index (χ0) is 40.0. The van der Waals surface area contributed by atoms with Crippen molar-refractivity contribution in [2.45, 2.75) is 238 Å². The molecule has 0 saturated carbocycles. The van der Waals surface area contributed by atoms with Gasteiger partial charge < -0.3 is 23.8 Å². The topological polar surface area (TPSA) is 99.1 Å². The molecule has 0 aliphatic heterocycles. The third-order valence-electron chi connectivity index (χ3n) is 10.8. The number of carboxylic acid groups (broad SMARTS) is 1. The number of likely N-dealkylation sites (N-methyl/N-ethyl adjacent to an activating group) is 1. The van der Waals surface area contributed by atoms with Gasteiger partial charge in [0.2, 0.25) is 0 Å². The summed E-state index contributed by atoms with van der Waals surface area (Å²) < 4.78 is 17.3. The van der Waals surface area contributed by atoms with Crippen LogP contribution in [0.15, 0.2) is 0 Å². The summed E-state index contributed by atoms with van der Waals surface area (Å²) in [6, 6.07) is -0.607. The Morgan fingerprint density at radius 1 is 0.481 bits per heavy atom. The van der Waals surface area contributed by atoms with Gasteiger partial charge >= 0.3 is 17.9 Å². The normalized spacial score (nSPS) is 12.8. The van der Waals surface area contributed by atoms with Crippen LogP contribution in [0.2, 0.25) is 0 Å². The van der Waals surface area contributed by atoms with Gasteiger partial charge in [-0.05, 0) is 12.8 Å². The summed E-state index contributed by atoms with van der Waals surface area (Å²) in [5.41, 5.74) is 0. The van der Waals surface area contributed by atoms with E-state index in [2.05, 4.69) is 13.8 Å². The van der Waals surface area contributed by atoms with Gasteiger partial charge in [-0.2, -0.15) is 0 Å². The van der Waals surface area contributed by atoms with Gasteiger partial charge in [0.05, 0.1) is 34.4 Å². The molecule has 0 aromatic carbocycles. The van der Waals surface area contributed by atoms with Crippen LogP contribution in [0, 0.1) is 0 Å². The molecule has 0 heterocycles. The number of quaternary nitrogens is 1. The fourth-order valence-electron chi connectivity index (χ4n) is 7.15. The van der Waals surface area contributed by atoms with Crippen molar-refractivity contribution < 1.29 is 38.2 Å². The Morgan fingerprint density at radius 2 is 0.815 bits per heavy atom. The number of carbonyl (C=O) groups excluding carboxylic acids is 2. The molecule has 0 fully saturated rings. The van der Waals surface area contributed by atoms with E-state index in [1.807, 2.05) is 21.1 Å². The molecule has 1 N–H and O–H groups in total. The molecule has 54 heavy (non-hydrogen) atoms. The minimum absolute atomic E-state index is 0.0420. The number of hydrogen-bond acceptors (Lipinski definition) is 6. The molecule has 0 bridgehead atoms. The first kappa shape index (κ1) is 52.3. The Morgan fingerprint density at radius 3 is 1.15 bits per heavy atom. The minimum Gasteiger partial charge on any atom is -0.477 e. The van der Waals surface area contributed by atoms with Crippen LogP contribution in [0.3, 0.4) is 0 Å². The van der Waals surface area contributed by atoms with E-state index in [1.54, 1.807) is 0 Å². The lowest BCUT2D eigenvalue weighted by molar-refractivity contribution is -0.887. The summed E-state index contributed by atoms with van der Waals surface area (Å²) in [6.45, 7) is 4.77. The monoisotopic (exact) mass is 769 g/mol. The van der Waals surface area contributed by atoms with E-state index in [9.17, 15) is 19.5 Å². The molecule has 0 radical (unpaired) electrons. The van der Waals surface area contributed by atoms with Crippen LogP contribution in [0.5, 0.6) is 0 Å². The van der Waals surface area contributed by atoms with E-state index < -0.39 is 18.1 Å². The molecule has 8 nitrogen and oxygen atoms in total. The standard InChI is InChI=1S/C46H89NO7/c1-6-8-10-12-14-16-18-19-20-21-22-23-24-25-27-28-30-32-34-36-44(48)53-41-42(40-52-39-38-43(46(50)51)47(3,4)5)54-45(49)37-35-33-31-29-26-17-15-13-11-9-7-2/h42-43H,6-41H2,1-5H3/p+1. The smallest absolute Gasteiger partial charge is 0.362 e. The van der Waals surface area contributed by atoms with Gasteiger partial charge in [-0.15, -0.1) is 0 Å². The highest BCUT2D eigenvalue weighted by atomic mass is 16.6. The highest BCUT2D eigenvalue weighted by Crippen LogP contribution is 2.16. The number of rotatable bonds is 42. The number of esters is 2. The van der Waals surface area contributed by atoms with Crippen LogP contribution >= 0.6 is 0 Å². The average Bonchev–Trinajstić information content (AvgIpc) is 3.12. The summed E-state index contributed by atoms with van der Waals surface area (Å²) in [6.07, 6.45) is 38.6. The van der Waals surface area contributed by atoms with Crippen LogP contribution in [-0.2, 0) is 28.6 Å². The van der Waals surface area contributed by atoms with Gasteiger partial charge in [0.25, 0.3) is 0 Å². The van der Waals surface area contributed by atoms with Crippen LogP contribution in [0.25, 0.3) is 0 Å². The number of aliphatic carboxylic acids is 1. The Hall–Kier alpha value is -1.67. The molecule has 8 heteroatoms. The lowest BCUT2D eigenvalue weighted by Crippen LogP contribution is -2.50. The summed E-state index contributed by atoms with van der Waals surface area (Å²) in [7, 11) is 5.54. The molecule has 320 valence electrons. The zero-order valence-corrected chi connectivity index (χ0v) is 36.5. The van der Waals surface area contributed by atoms with Gasteiger partial charge in [-0.1, -0.05) is 194 Å². The predicted molar refractivity (Wildman–Crippen MR) is 225 cm³/mol. The molecule has 0 aromatic rings. The van der Waals surface area contributed by atoms with E-state index in [0.29, 0.717) is 19.3 Å². The van der Waals surface area contributed by atoms with Crippen molar-refractivity contribution in [3.63, 3.8) is 0 Å². The first-order valence-corrected chi connectivity index (χ1v) is 23.1. The fourth-order valence-corrected chi connectivity index (χ4v) is 7.15. The maximum atomic E-state index is 12.7. The van der Waals surface area contributed by atoms with Crippen LogP contribution in [-0.4, -0.2) is 80.6 Å². The highest BCUT2D eigenvalue weighted by Gasteiger charge is 2.31. The van der Waals surface area contributed by atoms with E-state index in [0.717, 1.165) is 38.5 Å². The largest absolute Gasteiger partial charge is 0.477 e. The van der Waals surface area contributed by atoms with Crippen molar-refractivity contribution in [1.82, 2.24) is 0 Å². The second-order valence-corrected chi connectivity index (χ2v) is 17.0. The number of carbonyl (C=O) groups is 3. The summed E-state index contributed by atoms with van der Waals surface area (Å²) in [4.78, 5) is 36.9. The first-order valence-electron chi connectivity index (χ1n) is 23.1. The molecule has 0 aliphatic rings. The maximum Gasteiger partial charge on any atom is 0.362 e. The number of carboxylic acids is 1. The summed E-state index contributed by atoms with van der Waals surface area (Å²) >= 11 is 0. The summed E-state index contributed by atoms with van der Waals surface area (Å²) in [5.74, 6) is -1.45. The molecule has 2 unspecified atom stereocenters. The van der Waals surface area contributed by atoms with E-state index >= 15 is 0 Å².